The van der Waals surface area contributed by atoms with Crippen LogP contribution in [0.25, 0.3) is 11.1 Å². The van der Waals surface area contributed by atoms with E-state index in [-0.39, 0.29) is 5.82 Å². The fraction of sp³-hybridized carbons (Fsp3) is 0.522. The first-order valence-corrected chi connectivity index (χ1v) is 10.5. The predicted octanol–water partition coefficient (Wildman–Crippen LogP) is 7.79. The van der Waals surface area contributed by atoms with E-state index in [4.69, 9.17) is 11.6 Å². The maximum Gasteiger partial charge on any atom is 0.129 e. The molecular weight excluding hydrogens is 345 g/mol. The molecule has 0 amide bonds. The Bertz CT molecular complexity index is 690. The minimum atomic E-state index is -0.0798. The molecule has 0 aliphatic heterocycles. The summed E-state index contributed by atoms with van der Waals surface area (Å²) in [7, 11) is 0. The van der Waals surface area contributed by atoms with Crippen LogP contribution in [0.2, 0.25) is 5.15 Å². The van der Waals surface area contributed by atoms with Crippen LogP contribution in [0, 0.1) is 11.7 Å². The highest BCUT2D eigenvalue weighted by Crippen LogP contribution is 2.39. The van der Waals surface area contributed by atoms with Crippen LogP contribution in [0.15, 0.2) is 36.5 Å². The van der Waals surface area contributed by atoms with Crippen molar-refractivity contribution in [1.29, 1.82) is 0 Å². The van der Waals surface area contributed by atoms with Crippen molar-refractivity contribution in [2.75, 3.05) is 0 Å². The Morgan fingerprint density at radius 2 is 1.77 bits per heavy atom. The van der Waals surface area contributed by atoms with Crippen molar-refractivity contribution >= 4 is 11.6 Å². The molecule has 1 aromatic heterocycles. The van der Waals surface area contributed by atoms with E-state index in [0.29, 0.717) is 11.1 Å². The molecule has 0 atom stereocenters. The van der Waals surface area contributed by atoms with Crippen molar-refractivity contribution in [3.63, 3.8) is 0 Å². The van der Waals surface area contributed by atoms with Crippen LogP contribution in [-0.4, -0.2) is 4.98 Å². The minimum absolute atomic E-state index is 0.0798. The lowest BCUT2D eigenvalue weighted by Crippen LogP contribution is -2.14. The Morgan fingerprint density at radius 3 is 2.42 bits per heavy atom. The number of rotatable bonds is 7. The molecule has 1 fully saturated rings. The van der Waals surface area contributed by atoms with Gasteiger partial charge in [-0.3, -0.25) is 0 Å². The predicted molar refractivity (Wildman–Crippen MR) is 108 cm³/mol. The quantitative estimate of drug-likeness (QED) is 0.356. The van der Waals surface area contributed by atoms with Crippen LogP contribution in [-0.2, 0) is 0 Å². The van der Waals surface area contributed by atoms with Gasteiger partial charge in [0, 0.05) is 11.8 Å². The SMILES string of the molecule is CCCCCCC1CCC(c2ccc(-c3ccc(Cl)nc3)cc2F)CC1. The third-order valence-corrected chi connectivity index (χ3v) is 6.04. The number of hydrogen-bond acceptors (Lipinski definition) is 1. The van der Waals surface area contributed by atoms with Crippen LogP contribution in [0.3, 0.4) is 0 Å². The molecule has 1 heterocycles. The Hall–Kier alpha value is -1.41. The largest absolute Gasteiger partial charge is 0.244 e. The van der Waals surface area contributed by atoms with Crippen molar-refractivity contribution < 1.29 is 4.39 Å². The number of nitrogens with zero attached hydrogens (tertiary/aromatic N) is 1. The van der Waals surface area contributed by atoms with Gasteiger partial charge < -0.3 is 0 Å². The fourth-order valence-corrected chi connectivity index (χ4v) is 4.32. The fourth-order valence-electron chi connectivity index (χ4n) is 4.21. The zero-order chi connectivity index (χ0) is 18.4. The maximum absolute atomic E-state index is 14.7. The molecule has 1 aromatic carbocycles. The van der Waals surface area contributed by atoms with Gasteiger partial charge in [0.05, 0.1) is 0 Å². The van der Waals surface area contributed by atoms with Gasteiger partial charge in [-0.25, -0.2) is 9.37 Å². The van der Waals surface area contributed by atoms with Gasteiger partial charge >= 0.3 is 0 Å². The molecule has 3 rings (SSSR count). The van der Waals surface area contributed by atoms with E-state index in [0.717, 1.165) is 35.4 Å². The average Bonchev–Trinajstić information content (AvgIpc) is 2.66. The van der Waals surface area contributed by atoms with E-state index >= 15 is 0 Å². The molecule has 1 saturated carbocycles. The van der Waals surface area contributed by atoms with Crippen molar-refractivity contribution in [2.24, 2.45) is 5.92 Å². The van der Waals surface area contributed by atoms with Crippen molar-refractivity contribution in [2.45, 2.75) is 70.6 Å². The molecular formula is C23H29ClFN. The molecule has 0 radical (unpaired) electrons. The maximum atomic E-state index is 14.7. The lowest BCUT2D eigenvalue weighted by molar-refractivity contribution is 0.298. The highest BCUT2D eigenvalue weighted by Gasteiger charge is 2.24. The van der Waals surface area contributed by atoms with Gasteiger partial charge in [-0.2, -0.15) is 0 Å². The Labute approximate surface area is 162 Å². The first-order valence-electron chi connectivity index (χ1n) is 10.1. The van der Waals surface area contributed by atoms with Gasteiger partial charge in [-0.1, -0.05) is 62.8 Å². The Morgan fingerprint density at radius 1 is 1.00 bits per heavy atom. The second-order valence-corrected chi connectivity index (χ2v) is 8.06. The number of unbranched alkanes of at least 4 members (excludes halogenated alkanes) is 3. The molecule has 0 unspecified atom stereocenters. The molecule has 1 aliphatic carbocycles. The molecule has 26 heavy (non-hydrogen) atoms. The van der Waals surface area contributed by atoms with E-state index in [1.165, 1.54) is 44.9 Å². The molecule has 0 N–H and O–H groups in total. The van der Waals surface area contributed by atoms with E-state index < -0.39 is 0 Å². The van der Waals surface area contributed by atoms with Gasteiger partial charge in [0.25, 0.3) is 0 Å². The number of halogens is 2. The first kappa shape index (κ1) is 19.4. The van der Waals surface area contributed by atoms with E-state index in [2.05, 4.69) is 11.9 Å². The Balaban J connectivity index is 1.58. The number of benzene rings is 1. The monoisotopic (exact) mass is 373 g/mol. The topological polar surface area (TPSA) is 12.9 Å². The van der Waals surface area contributed by atoms with Gasteiger partial charge in [-0.05, 0) is 66.8 Å². The van der Waals surface area contributed by atoms with Gasteiger partial charge in [0.2, 0.25) is 0 Å². The molecule has 2 aromatic rings. The lowest BCUT2D eigenvalue weighted by atomic mass is 9.76. The van der Waals surface area contributed by atoms with Crippen LogP contribution >= 0.6 is 11.6 Å². The second-order valence-electron chi connectivity index (χ2n) is 7.67. The van der Waals surface area contributed by atoms with Crippen molar-refractivity contribution in [1.82, 2.24) is 4.98 Å². The van der Waals surface area contributed by atoms with Crippen LogP contribution < -0.4 is 0 Å². The molecule has 140 valence electrons. The van der Waals surface area contributed by atoms with Crippen LogP contribution in [0.1, 0.15) is 76.2 Å². The normalized spacial score (nSPS) is 20.3. The van der Waals surface area contributed by atoms with Gasteiger partial charge in [-0.15, -0.1) is 0 Å². The average molecular weight is 374 g/mol. The standard InChI is InChI=1S/C23H29ClFN/c1-2-3-4-5-6-17-7-9-18(10-8-17)21-13-11-19(15-22(21)25)20-12-14-23(24)26-16-20/h11-18H,2-10H2,1H3. The zero-order valence-corrected chi connectivity index (χ0v) is 16.4. The molecule has 0 saturated heterocycles. The summed E-state index contributed by atoms with van der Waals surface area (Å²) in [5.74, 6) is 1.15. The smallest absolute Gasteiger partial charge is 0.129 e. The highest BCUT2D eigenvalue weighted by atomic mass is 35.5. The van der Waals surface area contributed by atoms with E-state index in [1.54, 1.807) is 18.3 Å². The molecule has 1 nitrogen and oxygen atoms in total. The lowest BCUT2D eigenvalue weighted by Gasteiger charge is -2.29. The first-order chi connectivity index (χ1) is 12.7. The number of hydrogen-bond donors (Lipinski definition) is 0. The van der Waals surface area contributed by atoms with Crippen molar-refractivity contribution in [3.05, 3.63) is 53.1 Å². The van der Waals surface area contributed by atoms with Gasteiger partial charge in [0.1, 0.15) is 11.0 Å². The van der Waals surface area contributed by atoms with E-state index in [1.807, 2.05) is 18.2 Å². The summed E-state index contributed by atoms with van der Waals surface area (Å²) >= 11 is 5.83. The second kappa shape index (κ2) is 9.50. The summed E-state index contributed by atoms with van der Waals surface area (Å²) in [6, 6.07) is 9.26. The molecule has 0 spiro atoms. The van der Waals surface area contributed by atoms with Crippen LogP contribution in [0.5, 0.6) is 0 Å². The molecule has 0 bridgehead atoms. The summed E-state index contributed by atoms with van der Waals surface area (Å²) in [5, 5.41) is 0.456. The van der Waals surface area contributed by atoms with E-state index in [9.17, 15) is 4.39 Å². The third-order valence-electron chi connectivity index (χ3n) is 5.81. The summed E-state index contributed by atoms with van der Waals surface area (Å²) in [5.41, 5.74) is 2.65. The minimum Gasteiger partial charge on any atom is -0.244 e. The van der Waals surface area contributed by atoms with Crippen molar-refractivity contribution in [3.8, 4) is 11.1 Å². The number of pyridine rings is 1. The summed E-state index contributed by atoms with van der Waals surface area (Å²) in [6.07, 6.45) is 13.2. The number of aromatic nitrogens is 1. The summed E-state index contributed by atoms with van der Waals surface area (Å²) < 4.78 is 14.7. The van der Waals surface area contributed by atoms with Gasteiger partial charge in [0.15, 0.2) is 0 Å². The highest BCUT2D eigenvalue weighted by molar-refractivity contribution is 6.29. The molecule has 1 aliphatic rings. The summed E-state index contributed by atoms with van der Waals surface area (Å²) in [4.78, 5) is 4.08. The molecule has 3 heteroatoms. The van der Waals surface area contributed by atoms with Crippen LogP contribution in [0.4, 0.5) is 4.39 Å². The summed E-state index contributed by atoms with van der Waals surface area (Å²) in [6.45, 7) is 2.26. The Kier molecular flexibility index (Phi) is 7.07. The third kappa shape index (κ3) is 5.07. The zero-order valence-electron chi connectivity index (χ0n) is 15.7.